The van der Waals surface area contributed by atoms with Crippen LogP contribution in [0.2, 0.25) is 0 Å². The fourth-order valence-corrected chi connectivity index (χ4v) is 4.19. The monoisotopic (exact) mass is 464 g/mol. The molecule has 3 heterocycles. The van der Waals surface area contributed by atoms with Gasteiger partial charge in [0.1, 0.15) is 17.1 Å². The quantitative estimate of drug-likeness (QED) is 0.480. The van der Waals surface area contributed by atoms with Gasteiger partial charge >= 0.3 is 0 Å². The average molecular weight is 464 g/mol. The Morgan fingerprint density at radius 1 is 1.12 bits per heavy atom. The number of likely N-dealkylation sites (tertiary alicyclic amines) is 1. The van der Waals surface area contributed by atoms with E-state index in [1.54, 1.807) is 29.0 Å². The molecule has 1 atom stereocenters. The van der Waals surface area contributed by atoms with E-state index in [0.29, 0.717) is 41.5 Å². The Morgan fingerprint density at radius 3 is 2.79 bits per heavy atom. The third-order valence-corrected chi connectivity index (χ3v) is 5.97. The van der Waals surface area contributed by atoms with Gasteiger partial charge in [-0.25, -0.2) is 13.5 Å². The Labute approximate surface area is 194 Å². The van der Waals surface area contributed by atoms with Crippen LogP contribution >= 0.6 is 0 Å². The van der Waals surface area contributed by atoms with Crippen LogP contribution in [0.15, 0.2) is 54.7 Å². The number of halogens is 2. The lowest BCUT2D eigenvalue weighted by molar-refractivity contribution is 0.0666. The first kappa shape index (κ1) is 21.7. The SMILES string of the molecule is COc1ccccc1-c1cc(C(=O)N2CCCC(n3cc(-c4ccc(F)c(F)c4)nn3)C2)[nH]n1. The summed E-state index contributed by atoms with van der Waals surface area (Å²) in [5.74, 6) is -1.33. The zero-order valence-electron chi connectivity index (χ0n) is 18.4. The van der Waals surface area contributed by atoms with Crippen LogP contribution < -0.4 is 4.74 Å². The van der Waals surface area contributed by atoms with Crippen LogP contribution in [0, 0.1) is 11.6 Å². The number of carbonyl (C=O) groups is 1. The van der Waals surface area contributed by atoms with Gasteiger partial charge in [0.05, 0.1) is 25.0 Å². The molecule has 2 aromatic carbocycles. The largest absolute Gasteiger partial charge is 0.496 e. The molecule has 5 rings (SSSR count). The predicted molar refractivity (Wildman–Crippen MR) is 120 cm³/mol. The van der Waals surface area contributed by atoms with Gasteiger partial charge < -0.3 is 9.64 Å². The lowest BCUT2D eigenvalue weighted by atomic mass is 10.1. The second kappa shape index (κ2) is 9.05. The molecule has 1 aliphatic heterocycles. The minimum atomic E-state index is -0.937. The number of methoxy groups -OCH3 is 1. The van der Waals surface area contributed by atoms with E-state index in [1.165, 1.54) is 6.07 Å². The molecule has 8 nitrogen and oxygen atoms in total. The summed E-state index contributed by atoms with van der Waals surface area (Å²) in [5, 5.41) is 15.4. The van der Waals surface area contributed by atoms with Crippen LogP contribution in [0.25, 0.3) is 22.5 Å². The number of nitrogens with one attached hydrogen (secondary N) is 1. The van der Waals surface area contributed by atoms with Crippen molar-refractivity contribution >= 4 is 5.91 Å². The summed E-state index contributed by atoms with van der Waals surface area (Å²) in [4.78, 5) is 14.9. The zero-order chi connectivity index (χ0) is 23.7. The van der Waals surface area contributed by atoms with Gasteiger partial charge in [-0.15, -0.1) is 5.10 Å². The first-order chi connectivity index (χ1) is 16.5. The highest BCUT2D eigenvalue weighted by Crippen LogP contribution is 2.29. The van der Waals surface area contributed by atoms with Crippen molar-refractivity contribution in [2.45, 2.75) is 18.9 Å². The Balaban J connectivity index is 1.31. The van der Waals surface area contributed by atoms with Crippen LogP contribution in [-0.2, 0) is 0 Å². The van der Waals surface area contributed by atoms with Gasteiger partial charge in [-0.05, 0) is 49.2 Å². The van der Waals surface area contributed by atoms with Gasteiger partial charge in [0, 0.05) is 24.2 Å². The first-order valence-electron chi connectivity index (χ1n) is 10.9. The number of aromatic amines is 1. The van der Waals surface area contributed by atoms with E-state index in [9.17, 15) is 13.6 Å². The second-order valence-electron chi connectivity index (χ2n) is 8.13. The van der Waals surface area contributed by atoms with Gasteiger partial charge in [0.2, 0.25) is 0 Å². The number of piperidine rings is 1. The molecule has 174 valence electrons. The maximum atomic E-state index is 13.6. The maximum Gasteiger partial charge on any atom is 0.271 e. The number of hydrogen-bond acceptors (Lipinski definition) is 5. The van der Waals surface area contributed by atoms with Crippen molar-refractivity contribution in [2.24, 2.45) is 0 Å². The van der Waals surface area contributed by atoms with E-state index in [1.807, 2.05) is 24.3 Å². The third-order valence-electron chi connectivity index (χ3n) is 5.97. The first-order valence-corrected chi connectivity index (χ1v) is 10.9. The Morgan fingerprint density at radius 2 is 1.97 bits per heavy atom. The van der Waals surface area contributed by atoms with Crippen molar-refractivity contribution < 1.29 is 18.3 Å². The van der Waals surface area contributed by atoms with Crippen molar-refractivity contribution in [2.75, 3.05) is 20.2 Å². The lowest BCUT2D eigenvalue weighted by Crippen LogP contribution is -2.41. The van der Waals surface area contributed by atoms with Crippen molar-refractivity contribution in [1.82, 2.24) is 30.1 Å². The fourth-order valence-electron chi connectivity index (χ4n) is 4.19. The molecule has 0 aliphatic carbocycles. The molecular weight excluding hydrogens is 442 g/mol. The zero-order valence-corrected chi connectivity index (χ0v) is 18.4. The maximum absolute atomic E-state index is 13.6. The summed E-state index contributed by atoms with van der Waals surface area (Å²) in [6.45, 7) is 1.06. The number of hydrogen-bond donors (Lipinski definition) is 1. The van der Waals surface area contributed by atoms with Crippen LogP contribution in [0.4, 0.5) is 8.78 Å². The number of amides is 1. The lowest BCUT2D eigenvalue weighted by Gasteiger charge is -2.32. The van der Waals surface area contributed by atoms with Crippen LogP contribution in [0.3, 0.4) is 0 Å². The topological polar surface area (TPSA) is 88.9 Å². The van der Waals surface area contributed by atoms with Gasteiger partial charge in [0.25, 0.3) is 5.91 Å². The smallest absolute Gasteiger partial charge is 0.271 e. The summed E-state index contributed by atoms with van der Waals surface area (Å²) < 4.78 is 33.9. The molecule has 0 bridgehead atoms. The van der Waals surface area contributed by atoms with Gasteiger partial charge in [-0.3, -0.25) is 9.89 Å². The Kier molecular flexibility index (Phi) is 5.79. The molecule has 1 unspecified atom stereocenters. The van der Waals surface area contributed by atoms with Crippen LogP contribution in [0.5, 0.6) is 5.75 Å². The number of H-pyrrole nitrogens is 1. The van der Waals surface area contributed by atoms with E-state index in [-0.39, 0.29) is 11.9 Å². The molecule has 2 aromatic heterocycles. The number of carbonyl (C=O) groups excluding carboxylic acids is 1. The number of ether oxygens (including phenoxy) is 1. The van der Waals surface area contributed by atoms with Gasteiger partial charge in [-0.2, -0.15) is 5.10 Å². The summed E-state index contributed by atoms with van der Waals surface area (Å²) in [5.41, 5.74) is 2.70. The molecule has 0 radical (unpaired) electrons. The van der Waals surface area contributed by atoms with Crippen molar-refractivity contribution in [3.8, 4) is 28.3 Å². The molecule has 1 saturated heterocycles. The predicted octanol–water partition coefficient (Wildman–Crippen LogP) is 4.10. The molecule has 0 saturated carbocycles. The normalized spacial score (nSPS) is 16.0. The average Bonchev–Trinajstić information content (AvgIpc) is 3.56. The molecule has 4 aromatic rings. The Bertz CT molecular complexity index is 1330. The van der Waals surface area contributed by atoms with E-state index in [4.69, 9.17) is 4.74 Å². The molecule has 1 amide bonds. The highest BCUT2D eigenvalue weighted by atomic mass is 19.2. The van der Waals surface area contributed by atoms with Crippen molar-refractivity contribution in [3.63, 3.8) is 0 Å². The van der Waals surface area contributed by atoms with E-state index >= 15 is 0 Å². The molecule has 0 spiro atoms. The number of rotatable bonds is 5. The molecule has 34 heavy (non-hydrogen) atoms. The van der Waals surface area contributed by atoms with E-state index in [0.717, 1.165) is 30.5 Å². The summed E-state index contributed by atoms with van der Waals surface area (Å²) in [6, 6.07) is 12.7. The molecule has 1 fully saturated rings. The number of para-hydroxylation sites is 1. The highest BCUT2D eigenvalue weighted by molar-refractivity contribution is 5.93. The summed E-state index contributed by atoms with van der Waals surface area (Å²) in [6.07, 6.45) is 3.31. The van der Waals surface area contributed by atoms with Gasteiger partial charge in [0.15, 0.2) is 11.6 Å². The number of nitrogens with zero attached hydrogens (tertiary/aromatic N) is 5. The van der Waals surface area contributed by atoms with Crippen molar-refractivity contribution in [1.29, 1.82) is 0 Å². The molecule has 10 heteroatoms. The van der Waals surface area contributed by atoms with Crippen molar-refractivity contribution in [3.05, 3.63) is 72.1 Å². The Hall–Kier alpha value is -4.08. The van der Waals surface area contributed by atoms with E-state index < -0.39 is 11.6 Å². The second-order valence-corrected chi connectivity index (χ2v) is 8.13. The van der Waals surface area contributed by atoms with Crippen LogP contribution in [0.1, 0.15) is 29.4 Å². The summed E-state index contributed by atoms with van der Waals surface area (Å²) >= 11 is 0. The number of benzene rings is 2. The molecular formula is C24H22F2N6O2. The minimum Gasteiger partial charge on any atom is -0.496 e. The fraction of sp³-hybridized carbons (Fsp3) is 0.250. The third kappa shape index (κ3) is 4.14. The van der Waals surface area contributed by atoms with Gasteiger partial charge in [-0.1, -0.05) is 17.3 Å². The standard InChI is InChI=1S/C24H22F2N6O2/c1-34-23-7-3-2-6-17(23)20-12-21(28-27-20)24(33)31-10-4-5-16(13-31)32-14-22(29-30-32)15-8-9-18(25)19(26)11-15/h2-3,6-9,11-12,14,16H,4-5,10,13H2,1H3,(H,27,28). The van der Waals surface area contributed by atoms with E-state index in [2.05, 4.69) is 20.5 Å². The number of aromatic nitrogens is 5. The van der Waals surface area contributed by atoms with Crippen LogP contribution in [-0.4, -0.2) is 56.2 Å². The minimum absolute atomic E-state index is 0.0825. The molecule has 1 N–H and O–H groups in total. The highest BCUT2D eigenvalue weighted by Gasteiger charge is 2.28. The molecule has 1 aliphatic rings. The summed E-state index contributed by atoms with van der Waals surface area (Å²) in [7, 11) is 1.59.